The molecule has 0 bridgehead atoms. The van der Waals surface area contributed by atoms with E-state index in [2.05, 4.69) is 5.32 Å². The van der Waals surface area contributed by atoms with Gasteiger partial charge in [0.2, 0.25) is 10.0 Å². The van der Waals surface area contributed by atoms with Gasteiger partial charge in [0.1, 0.15) is 15.6 Å². The molecule has 2 aromatic carbocycles. The predicted molar refractivity (Wildman–Crippen MR) is 121 cm³/mol. The van der Waals surface area contributed by atoms with Crippen LogP contribution in [-0.4, -0.2) is 45.3 Å². The van der Waals surface area contributed by atoms with Crippen LogP contribution < -0.4 is 5.32 Å². The number of amides is 1. The van der Waals surface area contributed by atoms with Gasteiger partial charge in [0, 0.05) is 24.7 Å². The van der Waals surface area contributed by atoms with E-state index in [1.165, 1.54) is 44.4 Å². The summed E-state index contributed by atoms with van der Waals surface area (Å²) >= 11 is 7.13. The maximum Gasteiger partial charge on any atom is 0.348 e. The highest BCUT2D eigenvalue weighted by Gasteiger charge is 2.22. The summed E-state index contributed by atoms with van der Waals surface area (Å²) in [7, 11) is -1.08. The number of thiophene rings is 1. The largest absolute Gasteiger partial charge is 0.451 e. The van der Waals surface area contributed by atoms with Crippen molar-refractivity contribution in [1.82, 2.24) is 4.31 Å². The first kappa shape index (κ1) is 23.9. The molecule has 3 rings (SSSR count). The van der Waals surface area contributed by atoms with E-state index in [-0.39, 0.29) is 26.3 Å². The van der Waals surface area contributed by atoms with Crippen LogP contribution in [-0.2, 0) is 19.6 Å². The van der Waals surface area contributed by atoms with Gasteiger partial charge in [0.15, 0.2) is 6.61 Å². The Bertz CT molecular complexity index is 1260. The van der Waals surface area contributed by atoms with Gasteiger partial charge < -0.3 is 10.1 Å². The lowest BCUT2D eigenvalue weighted by atomic mass is 10.2. The van der Waals surface area contributed by atoms with Gasteiger partial charge in [0.05, 0.1) is 5.02 Å². The van der Waals surface area contributed by atoms with E-state index < -0.39 is 28.5 Å². The number of anilines is 1. The number of hydrogen-bond acceptors (Lipinski definition) is 6. The minimum atomic E-state index is -3.81. The number of hydrogen-bond donors (Lipinski definition) is 1. The van der Waals surface area contributed by atoms with E-state index >= 15 is 0 Å². The summed E-state index contributed by atoms with van der Waals surface area (Å²) in [6.45, 7) is -0.568. The molecule has 0 aliphatic heterocycles. The summed E-state index contributed by atoms with van der Waals surface area (Å²) in [6.07, 6.45) is 0. The lowest BCUT2D eigenvalue weighted by Crippen LogP contribution is -2.23. The summed E-state index contributed by atoms with van der Waals surface area (Å²) in [5.41, 5.74) is 0.935. The third kappa shape index (κ3) is 5.52. The van der Waals surface area contributed by atoms with Gasteiger partial charge >= 0.3 is 5.97 Å². The molecule has 0 aliphatic rings. The number of nitrogens with one attached hydrogen (secondary N) is 1. The monoisotopic (exact) mass is 496 g/mol. The van der Waals surface area contributed by atoms with Gasteiger partial charge in [0.25, 0.3) is 5.91 Å². The van der Waals surface area contributed by atoms with Crippen molar-refractivity contribution in [1.29, 1.82) is 0 Å². The molecule has 3 aromatic rings. The molecule has 1 N–H and O–H groups in total. The third-order valence-corrected chi connectivity index (χ3v) is 7.65. The van der Waals surface area contributed by atoms with Crippen molar-refractivity contribution < 1.29 is 27.1 Å². The Morgan fingerprint density at radius 3 is 2.44 bits per heavy atom. The Hall–Kier alpha value is -2.79. The molecule has 11 heteroatoms. The summed E-state index contributed by atoms with van der Waals surface area (Å²) in [5, 5.41) is 2.49. The number of esters is 1. The first-order chi connectivity index (χ1) is 15.1. The predicted octanol–water partition coefficient (Wildman–Crippen LogP) is 4.25. The second-order valence-electron chi connectivity index (χ2n) is 6.73. The Morgan fingerprint density at radius 1 is 1.09 bits per heavy atom. The normalized spacial score (nSPS) is 11.4. The van der Waals surface area contributed by atoms with Crippen molar-refractivity contribution in [2.24, 2.45) is 0 Å². The lowest BCUT2D eigenvalue weighted by Gasteiger charge is -2.14. The molecule has 1 aromatic heterocycles. The van der Waals surface area contributed by atoms with Crippen molar-refractivity contribution in [3.05, 3.63) is 70.3 Å². The molecule has 1 heterocycles. The minimum absolute atomic E-state index is 0.0118. The fourth-order valence-electron chi connectivity index (χ4n) is 2.59. The van der Waals surface area contributed by atoms with Crippen LogP contribution in [0.3, 0.4) is 0 Å². The molecule has 0 unspecified atom stereocenters. The molecule has 0 fully saturated rings. The fraction of sp³-hybridized carbons (Fsp3) is 0.143. The van der Waals surface area contributed by atoms with E-state index in [1.807, 2.05) is 0 Å². The molecular weight excluding hydrogens is 479 g/mol. The van der Waals surface area contributed by atoms with E-state index in [9.17, 15) is 22.4 Å². The van der Waals surface area contributed by atoms with Crippen molar-refractivity contribution >= 4 is 50.5 Å². The number of halogens is 2. The third-order valence-electron chi connectivity index (χ3n) is 4.24. The summed E-state index contributed by atoms with van der Waals surface area (Å²) in [5.74, 6) is -1.70. The van der Waals surface area contributed by atoms with Crippen LogP contribution in [0.25, 0.3) is 10.4 Å². The Morgan fingerprint density at radius 2 is 1.78 bits per heavy atom. The molecule has 0 saturated carbocycles. The summed E-state index contributed by atoms with van der Waals surface area (Å²) < 4.78 is 43.7. The highest BCUT2D eigenvalue weighted by atomic mass is 35.5. The first-order valence-corrected chi connectivity index (χ1v) is 11.8. The zero-order valence-electron chi connectivity index (χ0n) is 17.0. The van der Waals surface area contributed by atoms with Crippen molar-refractivity contribution in [3.8, 4) is 10.4 Å². The molecule has 0 aliphatic carbocycles. The average molecular weight is 497 g/mol. The van der Waals surface area contributed by atoms with E-state index in [0.717, 1.165) is 26.1 Å². The number of benzene rings is 2. The lowest BCUT2D eigenvalue weighted by molar-refractivity contribution is -0.119. The van der Waals surface area contributed by atoms with Crippen LogP contribution >= 0.6 is 22.9 Å². The van der Waals surface area contributed by atoms with Crippen LogP contribution in [0.15, 0.2) is 59.5 Å². The number of sulfonamides is 1. The Kier molecular flexibility index (Phi) is 7.29. The maximum absolute atomic E-state index is 13.1. The zero-order chi connectivity index (χ0) is 23.5. The molecule has 0 saturated heterocycles. The number of carbonyl (C=O) groups is 2. The van der Waals surface area contributed by atoms with E-state index in [4.69, 9.17) is 16.3 Å². The minimum Gasteiger partial charge on any atom is -0.451 e. The van der Waals surface area contributed by atoms with E-state index in [1.54, 1.807) is 24.3 Å². The second-order valence-corrected chi connectivity index (χ2v) is 10.3. The first-order valence-electron chi connectivity index (χ1n) is 9.13. The molecule has 0 atom stereocenters. The van der Waals surface area contributed by atoms with Crippen LogP contribution in [0.2, 0.25) is 5.02 Å². The number of carbonyl (C=O) groups excluding carboxylic acids is 2. The van der Waals surface area contributed by atoms with Gasteiger partial charge in [-0.1, -0.05) is 23.7 Å². The van der Waals surface area contributed by atoms with Crippen molar-refractivity contribution in [2.75, 3.05) is 26.0 Å². The topological polar surface area (TPSA) is 92.8 Å². The van der Waals surface area contributed by atoms with Gasteiger partial charge in [-0.05, 0) is 48.0 Å². The van der Waals surface area contributed by atoms with Gasteiger partial charge in [-0.25, -0.2) is 21.9 Å². The van der Waals surface area contributed by atoms with Gasteiger partial charge in [-0.2, -0.15) is 0 Å². The Balaban J connectivity index is 1.62. The average Bonchev–Trinajstić information content (AvgIpc) is 3.24. The van der Waals surface area contributed by atoms with Crippen LogP contribution in [0.5, 0.6) is 0 Å². The van der Waals surface area contributed by atoms with E-state index in [0.29, 0.717) is 0 Å². The summed E-state index contributed by atoms with van der Waals surface area (Å²) in [4.78, 5) is 25.3. The standard InChI is InChI=1S/C21H18ClFN2O5S2/c1-25(2)32(28,29)19-11-15(7-8-16(19)22)24-20(26)12-30-21(27)18-10-9-17(31-18)13-3-5-14(23)6-4-13/h3-11H,12H2,1-2H3,(H,24,26). The molecule has 7 nitrogen and oxygen atoms in total. The quantitative estimate of drug-likeness (QED) is 0.493. The van der Waals surface area contributed by atoms with Crippen LogP contribution in [0.1, 0.15) is 9.67 Å². The zero-order valence-corrected chi connectivity index (χ0v) is 19.4. The summed E-state index contributed by atoms with van der Waals surface area (Å²) in [6, 6.07) is 13.1. The SMILES string of the molecule is CN(C)S(=O)(=O)c1cc(NC(=O)COC(=O)c2ccc(-c3ccc(F)cc3)s2)ccc1Cl. The highest BCUT2D eigenvalue weighted by Crippen LogP contribution is 2.29. The maximum atomic E-state index is 13.1. The molecular formula is C21H18ClFN2O5S2. The number of rotatable bonds is 7. The number of nitrogens with zero attached hydrogens (tertiary/aromatic N) is 1. The number of ether oxygens (including phenoxy) is 1. The van der Waals surface area contributed by atoms with Gasteiger partial charge in [-0.3, -0.25) is 4.79 Å². The molecule has 1 amide bonds. The second kappa shape index (κ2) is 9.78. The highest BCUT2D eigenvalue weighted by molar-refractivity contribution is 7.89. The molecule has 168 valence electrons. The molecule has 0 radical (unpaired) electrons. The van der Waals surface area contributed by atoms with Crippen LogP contribution in [0, 0.1) is 5.82 Å². The molecule has 32 heavy (non-hydrogen) atoms. The fourth-order valence-corrected chi connectivity index (χ4v) is 4.89. The van der Waals surface area contributed by atoms with Crippen LogP contribution in [0.4, 0.5) is 10.1 Å². The molecule has 0 spiro atoms. The smallest absolute Gasteiger partial charge is 0.348 e. The van der Waals surface area contributed by atoms with Crippen molar-refractivity contribution in [2.45, 2.75) is 4.90 Å². The van der Waals surface area contributed by atoms with Gasteiger partial charge in [-0.15, -0.1) is 11.3 Å². The Labute approximate surface area is 193 Å². The van der Waals surface area contributed by atoms with Crippen molar-refractivity contribution in [3.63, 3.8) is 0 Å².